The molecular formula is C22H20N2O2S. The van der Waals surface area contributed by atoms with Crippen molar-refractivity contribution < 1.29 is 9.53 Å². The number of hydrogen-bond donors (Lipinski definition) is 1. The van der Waals surface area contributed by atoms with Crippen LogP contribution in [0.2, 0.25) is 0 Å². The van der Waals surface area contributed by atoms with Gasteiger partial charge in [0.15, 0.2) is 0 Å². The van der Waals surface area contributed by atoms with Crippen LogP contribution in [-0.2, 0) is 0 Å². The Morgan fingerprint density at radius 2 is 1.70 bits per heavy atom. The van der Waals surface area contributed by atoms with Gasteiger partial charge in [0.1, 0.15) is 17.2 Å². The largest absolute Gasteiger partial charge is 0.457 e. The average Bonchev–Trinajstić information content (AvgIpc) is 3.25. The third-order valence-electron chi connectivity index (χ3n) is 4.30. The van der Waals surface area contributed by atoms with Gasteiger partial charge in [0.25, 0.3) is 5.91 Å². The van der Waals surface area contributed by atoms with E-state index in [1.54, 1.807) is 11.3 Å². The summed E-state index contributed by atoms with van der Waals surface area (Å²) in [6, 6.07) is 21.2. The molecule has 0 saturated heterocycles. The number of aromatic nitrogens is 1. The van der Waals surface area contributed by atoms with Crippen LogP contribution in [0.1, 0.15) is 30.4 Å². The molecule has 0 aliphatic carbocycles. The summed E-state index contributed by atoms with van der Waals surface area (Å²) in [5.74, 6) is 1.40. The van der Waals surface area contributed by atoms with Crippen molar-refractivity contribution in [3.05, 3.63) is 77.8 Å². The summed E-state index contributed by atoms with van der Waals surface area (Å²) < 4.78 is 8.99. The van der Waals surface area contributed by atoms with Crippen molar-refractivity contribution in [2.24, 2.45) is 0 Å². The number of thiophene rings is 1. The summed E-state index contributed by atoms with van der Waals surface area (Å²) in [7, 11) is 0. The fourth-order valence-corrected chi connectivity index (χ4v) is 3.91. The second-order valence-corrected chi connectivity index (χ2v) is 7.50. The lowest BCUT2D eigenvalue weighted by molar-refractivity contribution is 0.101. The molecule has 136 valence electrons. The molecule has 0 radical (unpaired) electrons. The molecule has 0 unspecified atom stereocenters. The molecule has 5 heteroatoms. The highest BCUT2D eigenvalue weighted by molar-refractivity contribution is 7.17. The number of rotatable bonds is 5. The van der Waals surface area contributed by atoms with Crippen molar-refractivity contribution in [3.63, 3.8) is 0 Å². The van der Waals surface area contributed by atoms with Gasteiger partial charge in [0, 0.05) is 11.7 Å². The monoisotopic (exact) mass is 376 g/mol. The number of ether oxygens (including phenoxy) is 1. The second-order valence-electron chi connectivity index (χ2n) is 6.56. The van der Waals surface area contributed by atoms with E-state index in [2.05, 4.69) is 35.2 Å². The molecule has 1 N–H and O–H groups in total. The highest BCUT2D eigenvalue weighted by Crippen LogP contribution is 2.29. The second kappa shape index (κ2) is 7.29. The fraction of sp³-hybridized carbons (Fsp3) is 0.136. The van der Waals surface area contributed by atoms with E-state index in [0.717, 1.165) is 27.4 Å². The summed E-state index contributed by atoms with van der Waals surface area (Å²) in [5, 5.41) is 5.04. The number of nitrogens with zero attached hydrogens (tertiary/aromatic N) is 1. The van der Waals surface area contributed by atoms with Crippen LogP contribution in [0.3, 0.4) is 0 Å². The molecule has 0 aliphatic rings. The number of para-hydroxylation sites is 1. The van der Waals surface area contributed by atoms with Gasteiger partial charge in [-0.3, -0.25) is 4.79 Å². The van der Waals surface area contributed by atoms with Gasteiger partial charge >= 0.3 is 0 Å². The van der Waals surface area contributed by atoms with E-state index in [0.29, 0.717) is 5.69 Å². The Morgan fingerprint density at radius 3 is 2.41 bits per heavy atom. The molecule has 0 fully saturated rings. The molecule has 0 spiro atoms. The number of anilines is 1. The number of carbonyl (C=O) groups is 1. The normalized spacial score (nSPS) is 11.1. The van der Waals surface area contributed by atoms with Crippen LogP contribution in [0.25, 0.3) is 10.2 Å². The molecular weight excluding hydrogens is 356 g/mol. The Morgan fingerprint density at radius 1 is 1.00 bits per heavy atom. The zero-order valence-corrected chi connectivity index (χ0v) is 16.0. The topological polar surface area (TPSA) is 43.3 Å². The smallest absolute Gasteiger partial charge is 0.272 e. The lowest BCUT2D eigenvalue weighted by atomic mass is 10.2. The lowest BCUT2D eigenvalue weighted by Crippen LogP contribution is -2.18. The number of benzene rings is 2. The van der Waals surface area contributed by atoms with Crippen LogP contribution in [0.4, 0.5) is 5.69 Å². The van der Waals surface area contributed by atoms with E-state index in [9.17, 15) is 4.79 Å². The van der Waals surface area contributed by atoms with Crippen molar-refractivity contribution >= 4 is 33.1 Å². The van der Waals surface area contributed by atoms with Crippen LogP contribution in [0.5, 0.6) is 11.5 Å². The van der Waals surface area contributed by atoms with E-state index >= 15 is 0 Å². The minimum atomic E-state index is -0.108. The minimum absolute atomic E-state index is 0.108. The Kier molecular flexibility index (Phi) is 4.69. The maximum Gasteiger partial charge on any atom is 0.272 e. The highest BCUT2D eigenvalue weighted by atomic mass is 32.1. The van der Waals surface area contributed by atoms with Gasteiger partial charge in [-0.25, -0.2) is 0 Å². The minimum Gasteiger partial charge on any atom is -0.457 e. The average molecular weight is 376 g/mol. The maximum absolute atomic E-state index is 12.8. The molecule has 1 amide bonds. The Hall–Kier alpha value is -3.05. The number of amides is 1. The first kappa shape index (κ1) is 17.4. The summed E-state index contributed by atoms with van der Waals surface area (Å²) >= 11 is 1.65. The number of hydrogen-bond acceptors (Lipinski definition) is 3. The van der Waals surface area contributed by atoms with Gasteiger partial charge < -0.3 is 14.6 Å². The summed E-state index contributed by atoms with van der Waals surface area (Å²) in [6.45, 7) is 4.17. The number of carbonyl (C=O) groups excluding carboxylic acids is 1. The number of fused-ring (bicyclic) bond motifs is 1. The Balaban J connectivity index is 1.51. The first-order valence-electron chi connectivity index (χ1n) is 8.84. The zero-order chi connectivity index (χ0) is 18.8. The molecule has 4 nitrogen and oxygen atoms in total. The van der Waals surface area contributed by atoms with Crippen molar-refractivity contribution in [2.75, 3.05) is 5.32 Å². The molecule has 2 heterocycles. The molecule has 27 heavy (non-hydrogen) atoms. The van der Waals surface area contributed by atoms with Gasteiger partial charge in [-0.05, 0) is 67.8 Å². The van der Waals surface area contributed by atoms with E-state index in [-0.39, 0.29) is 11.9 Å². The van der Waals surface area contributed by atoms with Crippen molar-refractivity contribution in [1.29, 1.82) is 0 Å². The van der Waals surface area contributed by atoms with Crippen LogP contribution in [0, 0.1) is 0 Å². The van der Waals surface area contributed by atoms with Gasteiger partial charge in [-0.2, -0.15) is 0 Å². The van der Waals surface area contributed by atoms with Crippen molar-refractivity contribution in [3.8, 4) is 11.5 Å². The summed E-state index contributed by atoms with van der Waals surface area (Å²) in [6.07, 6.45) is 0. The molecule has 2 aromatic heterocycles. The SMILES string of the molecule is CC(C)n1c(C(=O)Nc2ccc(Oc3ccccc3)cc2)cc2sccc21. The highest BCUT2D eigenvalue weighted by Gasteiger charge is 2.18. The van der Waals surface area contributed by atoms with Gasteiger partial charge in [0.2, 0.25) is 0 Å². The summed E-state index contributed by atoms with van der Waals surface area (Å²) in [4.78, 5) is 12.8. The van der Waals surface area contributed by atoms with Crippen molar-refractivity contribution in [1.82, 2.24) is 4.57 Å². The van der Waals surface area contributed by atoms with Gasteiger partial charge in [0.05, 0.1) is 10.2 Å². The molecule has 0 aliphatic heterocycles. The predicted molar refractivity (Wildman–Crippen MR) is 111 cm³/mol. The maximum atomic E-state index is 12.8. The Labute approximate surface area is 162 Å². The third-order valence-corrected chi connectivity index (χ3v) is 5.15. The molecule has 4 aromatic rings. The number of nitrogens with one attached hydrogen (secondary N) is 1. The zero-order valence-electron chi connectivity index (χ0n) is 15.2. The van der Waals surface area contributed by atoms with Crippen LogP contribution < -0.4 is 10.1 Å². The van der Waals surface area contributed by atoms with E-state index in [1.165, 1.54) is 0 Å². The van der Waals surface area contributed by atoms with E-state index < -0.39 is 0 Å². The van der Waals surface area contributed by atoms with Crippen LogP contribution in [-0.4, -0.2) is 10.5 Å². The molecule has 0 saturated carbocycles. The van der Waals surface area contributed by atoms with Crippen LogP contribution >= 0.6 is 11.3 Å². The summed E-state index contributed by atoms with van der Waals surface area (Å²) in [5.41, 5.74) is 2.52. The standard InChI is InChI=1S/C22H20N2O2S/c1-15(2)24-19-12-13-27-21(19)14-20(24)22(25)23-16-8-10-18(11-9-16)26-17-6-4-3-5-7-17/h3-15H,1-2H3,(H,23,25). The molecule has 0 bridgehead atoms. The third kappa shape index (κ3) is 3.59. The lowest BCUT2D eigenvalue weighted by Gasteiger charge is -2.14. The predicted octanol–water partition coefficient (Wildman–Crippen LogP) is 6.33. The molecule has 4 rings (SSSR count). The first-order chi connectivity index (χ1) is 13.1. The quantitative estimate of drug-likeness (QED) is 0.442. The van der Waals surface area contributed by atoms with E-state index in [1.807, 2.05) is 60.7 Å². The van der Waals surface area contributed by atoms with Crippen LogP contribution in [0.15, 0.2) is 72.1 Å². The first-order valence-corrected chi connectivity index (χ1v) is 9.72. The van der Waals surface area contributed by atoms with Crippen molar-refractivity contribution in [2.45, 2.75) is 19.9 Å². The Bertz CT molecular complexity index is 1060. The van der Waals surface area contributed by atoms with Gasteiger partial charge in [-0.1, -0.05) is 18.2 Å². The fourth-order valence-electron chi connectivity index (χ4n) is 3.10. The molecule has 2 aromatic carbocycles. The van der Waals surface area contributed by atoms with Gasteiger partial charge in [-0.15, -0.1) is 11.3 Å². The van der Waals surface area contributed by atoms with E-state index in [4.69, 9.17) is 4.74 Å². The molecule has 0 atom stereocenters.